The SMILES string of the molecule is CC(C)(C)c1cc(NC(O)Nc2ccc3oc(C(=O)c4cc5c(CN6CCCC6)c(O)ccc5[nH]4)cc3c2)no1. The van der Waals surface area contributed by atoms with Crippen LogP contribution in [0, 0.1) is 0 Å². The van der Waals surface area contributed by atoms with Crippen LogP contribution in [0.25, 0.3) is 21.9 Å². The molecule has 3 aromatic heterocycles. The summed E-state index contributed by atoms with van der Waals surface area (Å²) in [4.78, 5) is 18.9. The molecule has 0 amide bonds. The van der Waals surface area contributed by atoms with Crippen molar-refractivity contribution in [3.8, 4) is 5.75 Å². The van der Waals surface area contributed by atoms with E-state index >= 15 is 0 Å². The molecule has 0 radical (unpaired) electrons. The smallest absolute Gasteiger partial charge is 0.244 e. The second-order valence-corrected chi connectivity index (χ2v) is 11.4. The van der Waals surface area contributed by atoms with Gasteiger partial charge < -0.3 is 34.8 Å². The molecule has 2 aromatic carbocycles. The first-order valence-electron chi connectivity index (χ1n) is 13.5. The van der Waals surface area contributed by atoms with Crippen LogP contribution in [0.3, 0.4) is 0 Å². The van der Waals surface area contributed by atoms with Crippen LogP contribution in [0.2, 0.25) is 0 Å². The zero-order chi connectivity index (χ0) is 28.0. The maximum Gasteiger partial charge on any atom is 0.244 e. The van der Waals surface area contributed by atoms with Crippen LogP contribution >= 0.6 is 0 Å². The molecule has 1 unspecified atom stereocenters. The summed E-state index contributed by atoms with van der Waals surface area (Å²) < 4.78 is 11.2. The van der Waals surface area contributed by atoms with Gasteiger partial charge in [-0.15, -0.1) is 0 Å². The Morgan fingerprint density at radius 2 is 1.90 bits per heavy atom. The molecule has 0 saturated carbocycles. The number of anilines is 2. The molecule has 1 saturated heterocycles. The number of rotatable bonds is 8. The van der Waals surface area contributed by atoms with E-state index in [4.69, 9.17) is 8.94 Å². The summed E-state index contributed by atoms with van der Waals surface area (Å²) in [7, 11) is 0. The van der Waals surface area contributed by atoms with Crippen LogP contribution < -0.4 is 10.6 Å². The number of aromatic hydroxyl groups is 1. The van der Waals surface area contributed by atoms with Gasteiger partial charge in [0.15, 0.2) is 11.6 Å². The Hall–Kier alpha value is -4.28. The van der Waals surface area contributed by atoms with Gasteiger partial charge >= 0.3 is 0 Å². The Morgan fingerprint density at radius 3 is 2.65 bits per heavy atom. The number of phenolic OH excluding ortho intramolecular Hbond substituents is 1. The minimum Gasteiger partial charge on any atom is -0.508 e. The monoisotopic (exact) mass is 543 g/mol. The number of carbonyl (C=O) groups is 1. The fourth-order valence-corrected chi connectivity index (χ4v) is 5.11. The Balaban J connectivity index is 1.19. The summed E-state index contributed by atoms with van der Waals surface area (Å²) in [6.07, 6.45) is 1.19. The normalized spacial score (nSPS) is 15.2. The lowest BCUT2D eigenvalue weighted by molar-refractivity contribution is 0.101. The number of ketones is 1. The van der Waals surface area contributed by atoms with Crippen molar-refractivity contribution in [1.29, 1.82) is 0 Å². The maximum absolute atomic E-state index is 13.4. The Kier molecular flexibility index (Phi) is 6.52. The molecule has 1 aliphatic heterocycles. The molecule has 10 heteroatoms. The number of fused-ring (bicyclic) bond motifs is 2. The van der Waals surface area contributed by atoms with Gasteiger partial charge in [-0.1, -0.05) is 25.9 Å². The number of aliphatic hydroxyl groups is 1. The van der Waals surface area contributed by atoms with Crippen molar-refractivity contribution < 1.29 is 23.9 Å². The molecule has 0 aliphatic carbocycles. The van der Waals surface area contributed by atoms with Crippen LogP contribution in [-0.4, -0.2) is 50.5 Å². The number of aromatic nitrogens is 2. The van der Waals surface area contributed by atoms with Gasteiger partial charge in [-0.2, -0.15) is 0 Å². The van der Waals surface area contributed by atoms with Gasteiger partial charge in [0.25, 0.3) is 0 Å². The summed E-state index contributed by atoms with van der Waals surface area (Å²) in [5.74, 6) is 1.26. The molecule has 0 spiro atoms. The van der Waals surface area contributed by atoms with Gasteiger partial charge in [-0.25, -0.2) is 0 Å². The van der Waals surface area contributed by atoms with Crippen LogP contribution in [0.4, 0.5) is 11.5 Å². The molecule has 6 rings (SSSR count). The number of furan rings is 1. The molecule has 1 aliphatic rings. The Labute approximate surface area is 230 Å². The number of phenols is 1. The number of likely N-dealkylation sites (tertiary alicyclic amines) is 1. The summed E-state index contributed by atoms with van der Waals surface area (Å²) in [5.41, 5.74) is 2.98. The third kappa shape index (κ3) is 5.15. The van der Waals surface area contributed by atoms with Gasteiger partial charge in [-0.05, 0) is 68.4 Å². The topological polar surface area (TPSA) is 140 Å². The first-order chi connectivity index (χ1) is 19.1. The van der Waals surface area contributed by atoms with Crippen molar-refractivity contribution in [3.05, 3.63) is 71.3 Å². The van der Waals surface area contributed by atoms with Crippen molar-refractivity contribution in [2.24, 2.45) is 0 Å². The van der Waals surface area contributed by atoms with Crippen LogP contribution in [0.15, 0.2) is 57.5 Å². The van der Waals surface area contributed by atoms with Crippen molar-refractivity contribution >= 4 is 39.2 Å². The predicted octanol–water partition coefficient (Wildman–Crippen LogP) is 5.53. The zero-order valence-electron chi connectivity index (χ0n) is 22.7. The minimum atomic E-state index is -1.12. The van der Waals surface area contributed by atoms with E-state index in [0.717, 1.165) is 42.4 Å². The Morgan fingerprint density at radius 1 is 1.10 bits per heavy atom. The first-order valence-corrected chi connectivity index (χ1v) is 13.5. The Bertz CT molecular complexity index is 1690. The molecule has 208 valence electrons. The third-order valence-electron chi connectivity index (χ3n) is 7.29. The van der Waals surface area contributed by atoms with Crippen molar-refractivity contribution in [3.63, 3.8) is 0 Å². The fraction of sp³-hybridized carbons (Fsp3) is 0.333. The number of nitrogens with one attached hydrogen (secondary N) is 3. The standard InChI is InChI=1S/C30H33N5O5/c1-30(2,3)26-15-27(34-40-26)33-29(38)31-18-6-9-24-17(12-18)13-25(39-24)28(37)22-14-19-20(16-35-10-4-5-11-35)23(36)8-7-21(19)32-22/h6-9,12-15,29,31-32,36,38H,4-5,10-11,16H2,1-3H3,(H,33,34). The molecular formula is C30H33N5O5. The van der Waals surface area contributed by atoms with Crippen LogP contribution in [0.5, 0.6) is 5.75 Å². The number of benzene rings is 2. The third-order valence-corrected chi connectivity index (χ3v) is 7.29. The maximum atomic E-state index is 13.4. The van der Waals surface area contributed by atoms with Gasteiger partial charge in [0, 0.05) is 45.6 Å². The van der Waals surface area contributed by atoms with Gasteiger partial charge in [0.2, 0.25) is 12.1 Å². The van der Waals surface area contributed by atoms with E-state index in [1.54, 1.807) is 48.5 Å². The summed E-state index contributed by atoms with van der Waals surface area (Å²) in [6.45, 7) is 8.70. The van der Waals surface area contributed by atoms with Crippen LogP contribution in [0.1, 0.15) is 61.2 Å². The highest BCUT2D eigenvalue weighted by molar-refractivity contribution is 6.10. The molecule has 10 nitrogen and oxygen atoms in total. The number of aliphatic hydroxyl groups excluding tert-OH is 1. The molecule has 4 heterocycles. The second-order valence-electron chi connectivity index (χ2n) is 11.4. The molecule has 1 atom stereocenters. The molecular weight excluding hydrogens is 510 g/mol. The number of nitrogens with zero attached hydrogens (tertiary/aromatic N) is 2. The van der Waals surface area contributed by atoms with Gasteiger partial charge in [0.05, 0.1) is 5.69 Å². The van der Waals surface area contributed by atoms with Crippen molar-refractivity contribution in [2.45, 2.75) is 51.9 Å². The summed E-state index contributed by atoms with van der Waals surface area (Å²) in [6, 6.07) is 14.0. The van der Waals surface area contributed by atoms with E-state index in [1.165, 1.54) is 0 Å². The van der Waals surface area contributed by atoms with E-state index in [9.17, 15) is 15.0 Å². The average Bonchev–Trinajstić information content (AvgIpc) is 3.70. The van der Waals surface area contributed by atoms with E-state index in [0.29, 0.717) is 40.5 Å². The lowest BCUT2D eigenvalue weighted by atomic mass is 9.93. The average molecular weight is 544 g/mol. The summed E-state index contributed by atoms with van der Waals surface area (Å²) in [5, 5.41) is 32.3. The largest absolute Gasteiger partial charge is 0.508 e. The van der Waals surface area contributed by atoms with E-state index in [1.807, 2.05) is 20.8 Å². The number of carbonyl (C=O) groups excluding carboxylic acids is 1. The second kappa shape index (κ2) is 10.0. The number of H-pyrrole nitrogens is 1. The fourth-order valence-electron chi connectivity index (χ4n) is 5.11. The highest BCUT2D eigenvalue weighted by atomic mass is 16.5. The van der Waals surface area contributed by atoms with E-state index in [2.05, 4.69) is 25.7 Å². The molecule has 5 aromatic rings. The minimum absolute atomic E-state index is 0.194. The van der Waals surface area contributed by atoms with Gasteiger partial charge in [0.1, 0.15) is 17.1 Å². The lowest BCUT2D eigenvalue weighted by Crippen LogP contribution is -2.28. The highest BCUT2D eigenvalue weighted by Crippen LogP contribution is 2.32. The molecule has 5 N–H and O–H groups in total. The zero-order valence-corrected chi connectivity index (χ0v) is 22.7. The van der Waals surface area contributed by atoms with Gasteiger partial charge in [-0.3, -0.25) is 9.69 Å². The lowest BCUT2D eigenvalue weighted by Gasteiger charge is -2.16. The van der Waals surface area contributed by atoms with E-state index < -0.39 is 6.35 Å². The molecule has 1 fully saturated rings. The van der Waals surface area contributed by atoms with Crippen molar-refractivity contribution in [2.75, 3.05) is 23.7 Å². The molecule has 40 heavy (non-hydrogen) atoms. The molecule has 0 bridgehead atoms. The number of hydrogen-bond acceptors (Lipinski definition) is 9. The quantitative estimate of drug-likeness (QED) is 0.126. The van der Waals surface area contributed by atoms with Crippen LogP contribution in [-0.2, 0) is 12.0 Å². The predicted molar refractivity (Wildman–Crippen MR) is 153 cm³/mol. The summed E-state index contributed by atoms with van der Waals surface area (Å²) >= 11 is 0. The number of aromatic amines is 1. The first kappa shape index (κ1) is 26.0. The number of hydrogen-bond donors (Lipinski definition) is 5. The van der Waals surface area contributed by atoms with E-state index in [-0.39, 0.29) is 22.7 Å². The highest BCUT2D eigenvalue weighted by Gasteiger charge is 2.22. The van der Waals surface area contributed by atoms with Crippen molar-refractivity contribution in [1.82, 2.24) is 15.0 Å².